The predicted octanol–water partition coefficient (Wildman–Crippen LogP) is 1.91. The van der Waals surface area contributed by atoms with Crippen LogP contribution >= 0.6 is 0 Å². The standard InChI is InChI=1S/C12H8F2N2O2/c13-8-2-1-3-9(11(8)14)16-12(18)7-4-5-15-10(17)6-7/h1-6H,(H,15,17)(H,16,18). The van der Waals surface area contributed by atoms with Gasteiger partial charge in [-0.1, -0.05) is 6.07 Å². The summed E-state index contributed by atoms with van der Waals surface area (Å²) in [6.07, 6.45) is 1.29. The lowest BCUT2D eigenvalue weighted by Crippen LogP contribution is -2.16. The fourth-order valence-electron chi connectivity index (χ4n) is 1.38. The minimum Gasteiger partial charge on any atom is -0.329 e. The highest BCUT2D eigenvalue weighted by molar-refractivity contribution is 6.04. The molecule has 0 fully saturated rings. The second kappa shape index (κ2) is 4.79. The van der Waals surface area contributed by atoms with Crippen molar-refractivity contribution >= 4 is 11.6 Å². The number of carbonyl (C=O) groups is 1. The molecular weight excluding hydrogens is 242 g/mol. The molecule has 0 atom stereocenters. The van der Waals surface area contributed by atoms with Gasteiger partial charge in [0, 0.05) is 17.8 Å². The van der Waals surface area contributed by atoms with Crippen LogP contribution in [-0.4, -0.2) is 10.9 Å². The van der Waals surface area contributed by atoms with E-state index in [2.05, 4.69) is 10.3 Å². The van der Waals surface area contributed by atoms with Gasteiger partial charge >= 0.3 is 0 Å². The average molecular weight is 250 g/mol. The minimum absolute atomic E-state index is 0.0578. The van der Waals surface area contributed by atoms with Crippen LogP contribution in [0.15, 0.2) is 41.3 Å². The number of rotatable bonds is 2. The van der Waals surface area contributed by atoms with Crippen molar-refractivity contribution in [2.45, 2.75) is 0 Å². The zero-order valence-electron chi connectivity index (χ0n) is 9.04. The number of amides is 1. The summed E-state index contributed by atoms with van der Waals surface area (Å²) in [6.45, 7) is 0. The number of benzene rings is 1. The Labute approximate surface area is 100 Å². The highest BCUT2D eigenvalue weighted by atomic mass is 19.2. The van der Waals surface area contributed by atoms with Crippen LogP contribution in [0.25, 0.3) is 0 Å². The maximum atomic E-state index is 13.3. The highest BCUT2D eigenvalue weighted by Crippen LogP contribution is 2.17. The number of carbonyl (C=O) groups excluding carboxylic acids is 1. The van der Waals surface area contributed by atoms with Crippen LogP contribution in [-0.2, 0) is 0 Å². The van der Waals surface area contributed by atoms with Gasteiger partial charge in [0.15, 0.2) is 11.6 Å². The van der Waals surface area contributed by atoms with Gasteiger partial charge < -0.3 is 10.3 Å². The Hall–Kier alpha value is -2.50. The number of H-pyrrole nitrogens is 1. The first-order valence-corrected chi connectivity index (χ1v) is 5.02. The van der Waals surface area contributed by atoms with Crippen LogP contribution in [0.3, 0.4) is 0 Å². The van der Waals surface area contributed by atoms with E-state index in [1.165, 1.54) is 24.4 Å². The summed E-state index contributed by atoms with van der Waals surface area (Å²) in [6, 6.07) is 5.86. The maximum absolute atomic E-state index is 13.3. The van der Waals surface area contributed by atoms with Crippen molar-refractivity contribution in [3.8, 4) is 0 Å². The van der Waals surface area contributed by atoms with E-state index in [-0.39, 0.29) is 11.3 Å². The lowest BCUT2D eigenvalue weighted by molar-refractivity contribution is 0.102. The highest BCUT2D eigenvalue weighted by Gasteiger charge is 2.12. The molecule has 0 unspecified atom stereocenters. The maximum Gasteiger partial charge on any atom is 0.255 e. The number of halogens is 2. The molecule has 0 radical (unpaired) electrons. The molecule has 6 heteroatoms. The molecule has 0 saturated carbocycles. The van der Waals surface area contributed by atoms with Crippen LogP contribution in [0, 0.1) is 11.6 Å². The Bertz CT molecular complexity index is 653. The van der Waals surface area contributed by atoms with Gasteiger partial charge in [0.1, 0.15) is 0 Å². The van der Waals surface area contributed by atoms with Crippen molar-refractivity contribution in [2.24, 2.45) is 0 Å². The molecule has 1 aromatic carbocycles. The molecule has 1 amide bonds. The van der Waals surface area contributed by atoms with Crippen LogP contribution in [0.2, 0.25) is 0 Å². The molecule has 2 N–H and O–H groups in total. The molecule has 0 saturated heterocycles. The molecule has 1 heterocycles. The van der Waals surface area contributed by atoms with E-state index in [1.807, 2.05) is 0 Å². The molecule has 0 aliphatic heterocycles. The van der Waals surface area contributed by atoms with Crippen LogP contribution < -0.4 is 10.9 Å². The van der Waals surface area contributed by atoms with Crippen molar-refractivity contribution in [2.75, 3.05) is 5.32 Å². The van der Waals surface area contributed by atoms with E-state index in [1.54, 1.807) is 0 Å². The predicted molar refractivity (Wildman–Crippen MR) is 61.4 cm³/mol. The molecule has 18 heavy (non-hydrogen) atoms. The summed E-state index contributed by atoms with van der Waals surface area (Å²) in [4.78, 5) is 25.0. The van der Waals surface area contributed by atoms with Crippen molar-refractivity contribution in [3.05, 3.63) is 64.1 Å². The lowest BCUT2D eigenvalue weighted by Gasteiger charge is -2.06. The quantitative estimate of drug-likeness (QED) is 0.855. The zero-order valence-corrected chi connectivity index (χ0v) is 9.04. The van der Waals surface area contributed by atoms with Gasteiger partial charge in [0.2, 0.25) is 5.56 Å². The van der Waals surface area contributed by atoms with Gasteiger partial charge in [-0.05, 0) is 18.2 Å². The summed E-state index contributed by atoms with van der Waals surface area (Å²) in [7, 11) is 0. The number of nitrogens with one attached hydrogen (secondary N) is 2. The van der Waals surface area contributed by atoms with E-state index >= 15 is 0 Å². The summed E-state index contributed by atoms with van der Waals surface area (Å²) in [5.41, 5.74) is -0.676. The fraction of sp³-hybridized carbons (Fsp3) is 0. The zero-order chi connectivity index (χ0) is 13.1. The third kappa shape index (κ3) is 2.42. The number of hydrogen-bond donors (Lipinski definition) is 2. The monoisotopic (exact) mass is 250 g/mol. The van der Waals surface area contributed by atoms with Crippen molar-refractivity contribution in [1.82, 2.24) is 4.98 Å². The number of hydrogen-bond acceptors (Lipinski definition) is 2. The van der Waals surface area contributed by atoms with Crippen LogP contribution in [0.4, 0.5) is 14.5 Å². The molecule has 92 valence electrons. The number of aromatic nitrogens is 1. The van der Waals surface area contributed by atoms with E-state index in [4.69, 9.17) is 0 Å². The summed E-state index contributed by atoms with van der Waals surface area (Å²) in [5.74, 6) is -2.89. The van der Waals surface area contributed by atoms with Crippen LogP contribution in [0.5, 0.6) is 0 Å². The van der Waals surface area contributed by atoms with E-state index in [0.717, 1.165) is 12.1 Å². The lowest BCUT2D eigenvalue weighted by atomic mass is 10.2. The molecule has 0 spiro atoms. The first kappa shape index (κ1) is 12.0. The number of pyridine rings is 1. The first-order chi connectivity index (χ1) is 8.58. The summed E-state index contributed by atoms with van der Waals surface area (Å²) < 4.78 is 26.2. The van der Waals surface area contributed by atoms with Gasteiger partial charge in [-0.15, -0.1) is 0 Å². The first-order valence-electron chi connectivity index (χ1n) is 5.02. The Morgan fingerprint density at radius 3 is 2.72 bits per heavy atom. The summed E-state index contributed by atoms with van der Waals surface area (Å²) in [5, 5.41) is 2.19. The molecule has 2 rings (SSSR count). The largest absolute Gasteiger partial charge is 0.329 e. The van der Waals surface area contributed by atoms with E-state index < -0.39 is 23.1 Å². The normalized spacial score (nSPS) is 10.1. The molecule has 1 aromatic heterocycles. The molecule has 2 aromatic rings. The van der Waals surface area contributed by atoms with Crippen molar-refractivity contribution < 1.29 is 13.6 Å². The minimum atomic E-state index is -1.14. The third-order valence-corrected chi connectivity index (χ3v) is 2.24. The van der Waals surface area contributed by atoms with Gasteiger partial charge in [-0.25, -0.2) is 8.78 Å². The topological polar surface area (TPSA) is 62.0 Å². The molecule has 4 nitrogen and oxygen atoms in total. The second-order valence-electron chi connectivity index (χ2n) is 3.50. The molecule has 0 aliphatic carbocycles. The van der Waals surface area contributed by atoms with Gasteiger partial charge in [0.25, 0.3) is 5.91 Å². The van der Waals surface area contributed by atoms with Crippen molar-refractivity contribution in [1.29, 1.82) is 0 Å². The fourth-order valence-corrected chi connectivity index (χ4v) is 1.38. The number of aromatic amines is 1. The van der Waals surface area contributed by atoms with Crippen LogP contribution in [0.1, 0.15) is 10.4 Å². The van der Waals surface area contributed by atoms with Gasteiger partial charge in [-0.2, -0.15) is 0 Å². The number of anilines is 1. The second-order valence-corrected chi connectivity index (χ2v) is 3.50. The third-order valence-electron chi connectivity index (χ3n) is 2.24. The molecule has 0 aliphatic rings. The van der Waals surface area contributed by atoms with Crippen molar-refractivity contribution in [3.63, 3.8) is 0 Å². The molecule has 0 bridgehead atoms. The summed E-state index contributed by atoms with van der Waals surface area (Å²) >= 11 is 0. The average Bonchev–Trinajstić information content (AvgIpc) is 2.35. The smallest absolute Gasteiger partial charge is 0.255 e. The Morgan fingerprint density at radius 2 is 2.00 bits per heavy atom. The Morgan fingerprint density at radius 1 is 1.22 bits per heavy atom. The van der Waals surface area contributed by atoms with Gasteiger partial charge in [0.05, 0.1) is 5.69 Å². The SMILES string of the molecule is O=C(Nc1cccc(F)c1F)c1cc[nH]c(=O)c1. The molecular formula is C12H8F2N2O2. The van der Waals surface area contributed by atoms with Gasteiger partial charge in [-0.3, -0.25) is 9.59 Å². The van der Waals surface area contributed by atoms with E-state index in [9.17, 15) is 18.4 Å². The van der Waals surface area contributed by atoms with E-state index in [0.29, 0.717) is 0 Å². The Kier molecular flexibility index (Phi) is 3.18. The Balaban J connectivity index is 2.27.